The van der Waals surface area contributed by atoms with Gasteiger partial charge in [0.2, 0.25) is 0 Å². The van der Waals surface area contributed by atoms with Gasteiger partial charge in [0, 0.05) is 11.5 Å². The molecule has 1 amide bonds. The minimum atomic E-state index is -3.95. The summed E-state index contributed by atoms with van der Waals surface area (Å²) >= 11 is 0. The molecule has 0 aromatic heterocycles. The van der Waals surface area contributed by atoms with Crippen molar-refractivity contribution in [1.29, 1.82) is 0 Å². The van der Waals surface area contributed by atoms with Gasteiger partial charge in [0.05, 0.1) is 0 Å². The molecule has 0 radical (unpaired) electrons. The largest absolute Gasteiger partial charge is 0.445 e. The fraction of sp³-hybridized carbons (Fsp3) is 0.350. The molecule has 1 fully saturated rings. The summed E-state index contributed by atoms with van der Waals surface area (Å²) in [4.78, 5) is 16.6. The summed E-state index contributed by atoms with van der Waals surface area (Å²) in [6.45, 7) is 0.326. The number of hydrogen-bond donors (Lipinski definition) is 0. The molecule has 2 aromatic rings. The van der Waals surface area contributed by atoms with Crippen LogP contribution in [0, 0.1) is 0 Å². The summed E-state index contributed by atoms with van der Waals surface area (Å²) in [6.07, 6.45) is -1.96. The molecule has 10 heteroatoms. The van der Waals surface area contributed by atoms with E-state index in [1.807, 2.05) is 30.3 Å². The zero-order valence-electron chi connectivity index (χ0n) is 16.2. The number of carbonyl (C=O) groups is 1. The SMILES string of the molecule is [N-]=[N+]=NC1C(OS(=O)(=O)Cc2ccccc2)CCCN1C(=O)OCc1ccccc1. The van der Waals surface area contributed by atoms with Crippen LogP contribution in [0.25, 0.3) is 10.4 Å². The lowest BCUT2D eigenvalue weighted by Crippen LogP contribution is -2.51. The summed E-state index contributed by atoms with van der Waals surface area (Å²) < 4.78 is 35.7. The van der Waals surface area contributed by atoms with Gasteiger partial charge in [-0.05, 0) is 29.5 Å². The third-order valence-corrected chi connectivity index (χ3v) is 5.83. The van der Waals surface area contributed by atoms with Crippen LogP contribution in [-0.4, -0.2) is 38.2 Å². The summed E-state index contributed by atoms with van der Waals surface area (Å²) in [5, 5.41) is 3.63. The maximum absolute atomic E-state index is 12.6. The lowest BCUT2D eigenvalue weighted by Gasteiger charge is -2.37. The molecule has 1 aliphatic rings. The van der Waals surface area contributed by atoms with Gasteiger partial charge in [0.1, 0.15) is 24.6 Å². The highest BCUT2D eigenvalue weighted by atomic mass is 32.2. The molecule has 9 nitrogen and oxygen atoms in total. The van der Waals surface area contributed by atoms with Crippen molar-refractivity contribution < 1.29 is 22.1 Å². The van der Waals surface area contributed by atoms with Crippen molar-refractivity contribution in [1.82, 2.24) is 4.90 Å². The first-order chi connectivity index (χ1) is 14.5. The van der Waals surface area contributed by atoms with Crippen molar-refractivity contribution >= 4 is 16.2 Å². The summed E-state index contributed by atoms with van der Waals surface area (Å²) in [5.74, 6) is -0.314. The predicted molar refractivity (Wildman–Crippen MR) is 109 cm³/mol. The van der Waals surface area contributed by atoms with E-state index in [-0.39, 0.29) is 18.9 Å². The van der Waals surface area contributed by atoms with Crippen LogP contribution in [0.1, 0.15) is 24.0 Å². The third kappa shape index (κ3) is 5.96. The van der Waals surface area contributed by atoms with E-state index in [4.69, 9.17) is 14.5 Å². The van der Waals surface area contributed by atoms with Crippen molar-refractivity contribution in [2.24, 2.45) is 5.11 Å². The van der Waals surface area contributed by atoms with Gasteiger partial charge in [-0.1, -0.05) is 65.8 Å². The fourth-order valence-corrected chi connectivity index (χ4v) is 4.48. The highest BCUT2D eigenvalue weighted by Crippen LogP contribution is 2.25. The van der Waals surface area contributed by atoms with Gasteiger partial charge >= 0.3 is 6.09 Å². The quantitative estimate of drug-likeness (QED) is 0.285. The first-order valence-electron chi connectivity index (χ1n) is 9.45. The molecule has 1 heterocycles. The Bertz CT molecular complexity index is 994. The lowest BCUT2D eigenvalue weighted by atomic mass is 10.1. The number of likely N-dealkylation sites (tertiary alicyclic amines) is 1. The number of amides is 1. The van der Waals surface area contributed by atoms with Crippen LogP contribution in [0.3, 0.4) is 0 Å². The number of hydrogen-bond acceptors (Lipinski definition) is 6. The van der Waals surface area contributed by atoms with Crippen LogP contribution in [0.4, 0.5) is 4.79 Å². The number of benzene rings is 2. The Kier molecular flexibility index (Phi) is 7.29. The van der Waals surface area contributed by atoms with Gasteiger partial charge < -0.3 is 4.74 Å². The molecule has 1 saturated heterocycles. The second kappa shape index (κ2) is 10.1. The Balaban J connectivity index is 1.68. The van der Waals surface area contributed by atoms with E-state index in [0.29, 0.717) is 18.4 Å². The molecule has 0 bridgehead atoms. The fourth-order valence-electron chi connectivity index (χ4n) is 3.23. The number of azide groups is 1. The molecule has 30 heavy (non-hydrogen) atoms. The standard InChI is InChI=1S/C20H22N4O5S/c21-23-22-19-18(29-30(26,27)15-17-10-5-2-6-11-17)12-7-13-24(19)20(25)28-14-16-8-3-1-4-9-16/h1-6,8-11,18-19H,7,12-15H2. The lowest BCUT2D eigenvalue weighted by molar-refractivity contribution is 0.0195. The highest BCUT2D eigenvalue weighted by Gasteiger charge is 2.38. The Labute approximate surface area is 175 Å². The minimum absolute atomic E-state index is 0.0526. The van der Waals surface area contributed by atoms with Gasteiger partial charge in [0.15, 0.2) is 0 Å². The van der Waals surface area contributed by atoms with E-state index < -0.39 is 28.5 Å². The van der Waals surface area contributed by atoms with Crippen LogP contribution < -0.4 is 0 Å². The molecular weight excluding hydrogens is 408 g/mol. The van der Waals surface area contributed by atoms with Crippen molar-refractivity contribution in [2.75, 3.05) is 6.54 Å². The Morgan fingerprint density at radius 1 is 1.10 bits per heavy atom. The molecule has 1 aliphatic heterocycles. The first kappa shape index (κ1) is 21.6. The summed E-state index contributed by atoms with van der Waals surface area (Å²) in [7, 11) is -3.95. The zero-order chi connectivity index (χ0) is 21.4. The topological polar surface area (TPSA) is 122 Å². The average Bonchev–Trinajstić information content (AvgIpc) is 2.74. The zero-order valence-corrected chi connectivity index (χ0v) is 17.0. The number of ether oxygens (including phenoxy) is 1. The van der Waals surface area contributed by atoms with Crippen LogP contribution in [-0.2, 0) is 31.4 Å². The Morgan fingerprint density at radius 3 is 2.37 bits per heavy atom. The van der Waals surface area contributed by atoms with Gasteiger partial charge in [-0.25, -0.2) is 4.79 Å². The molecule has 2 aromatic carbocycles. The van der Waals surface area contributed by atoms with E-state index in [9.17, 15) is 13.2 Å². The Morgan fingerprint density at radius 2 is 1.73 bits per heavy atom. The van der Waals surface area contributed by atoms with Gasteiger partial charge in [-0.15, -0.1) is 0 Å². The van der Waals surface area contributed by atoms with Crippen molar-refractivity contribution in [3.63, 3.8) is 0 Å². The Hall–Kier alpha value is -3.07. The molecule has 158 valence electrons. The van der Waals surface area contributed by atoms with Crippen molar-refractivity contribution in [3.05, 3.63) is 82.2 Å². The molecular formula is C20H22N4O5S. The normalized spacial score (nSPS) is 19.0. The average molecular weight is 430 g/mol. The van der Waals surface area contributed by atoms with Gasteiger partial charge in [-0.2, -0.15) is 8.42 Å². The van der Waals surface area contributed by atoms with Gasteiger partial charge in [-0.3, -0.25) is 9.08 Å². The van der Waals surface area contributed by atoms with Crippen LogP contribution in [0.15, 0.2) is 65.8 Å². The molecule has 3 rings (SSSR count). The van der Waals surface area contributed by atoms with E-state index in [1.54, 1.807) is 30.3 Å². The van der Waals surface area contributed by atoms with Crippen LogP contribution in [0.2, 0.25) is 0 Å². The number of carbonyl (C=O) groups excluding carboxylic acids is 1. The molecule has 0 aliphatic carbocycles. The second-order valence-corrected chi connectivity index (χ2v) is 8.41. The van der Waals surface area contributed by atoms with Gasteiger partial charge in [0.25, 0.3) is 10.1 Å². The molecule has 0 N–H and O–H groups in total. The van der Waals surface area contributed by atoms with Crippen molar-refractivity contribution in [2.45, 2.75) is 37.5 Å². The van der Waals surface area contributed by atoms with E-state index in [2.05, 4.69) is 10.0 Å². The maximum atomic E-state index is 12.6. The summed E-state index contributed by atoms with van der Waals surface area (Å²) in [5.41, 5.74) is 10.3. The van der Waals surface area contributed by atoms with E-state index in [1.165, 1.54) is 4.90 Å². The smallest absolute Gasteiger partial charge is 0.410 e. The molecule has 0 spiro atoms. The van der Waals surface area contributed by atoms with E-state index in [0.717, 1.165) is 5.56 Å². The second-order valence-electron chi connectivity index (χ2n) is 6.82. The number of nitrogens with zero attached hydrogens (tertiary/aromatic N) is 4. The van der Waals surface area contributed by atoms with Crippen molar-refractivity contribution in [3.8, 4) is 0 Å². The summed E-state index contributed by atoms with van der Waals surface area (Å²) in [6, 6.07) is 17.8. The van der Waals surface area contributed by atoms with E-state index >= 15 is 0 Å². The molecule has 0 saturated carbocycles. The molecule has 2 unspecified atom stereocenters. The highest BCUT2D eigenvalue weighted by molar-refractivity contribution is 7.85. The van der Waals surface area contributed by atoms with Crippen LogP contribution >= 0.6 is 0 Å². The molecule has 2 atom stereocenters. The monoisotopic (exact) mass is 430 g/mol. The first-order valence-corrected chi connectivity index (χ1v) is 11.0. The number of rotatable bonds is 7. The number of piperidine rings is 1. The minimum Gasteiger partial charge on any atom is -0.445 e. The maximum Gasteiger partial charge on any atom is 0.410 e. The third-order valence-electron chi connectivity index (χ3n) is 4.61. The van der Waals surface area contributed by atoms with Crippen LogP contribution in [0.5, 0.6) is 0 Å². The predicted octanol–water partition coefficient (Wildman–Crippen LogP) is 3.97.